The summed E-state index contributed by atoms with van der Waals surface area (Å²) >= 11 is 0. The number of aromatic nitrogens is 1. The van der Waals surface area contributed by atoms with E-state index in [0.717, 1.165) is 5.56 Å². The maximum absolute atomic E-state index is 13.1. The second kappa shape index (κ2) is 7.63. The Morgan fingerprint density at radius 3 is 2.21 bits per heavy atom. The van der Waals surface area contributed by atoms with Gasteiger partial charge in [-0.2, -0.15) is 0 Å². The Morgan fingerprint density at radius 2 is 1.66 bits per heavy atom. The van der Waals surface area contributed by atoms with Gasteiger partial charge in [0.2, 0.25) is 0 Å². The van der Waals surface area contributed by atoms with Crippen LogP contribution in [0.5, 0.6) is 0 Å². The van der Waals surface area contributed by atoms with Crippen molar-refractivity contribution < 1.29 is 33.7 Å². The van der Waals surface area contributed by atoms with Crippen LogP contribution in [0.2, 0.25) is 0 Å². The lowest BCUT2D eigenvalue weighted by molar-refractivity contribution is -0.212. The van der Waals surface area contributed by atoms with Gasteiger partial charge in [0.25, 0.3) is 0 Å². The van der Waals surface area contributed by atoms with Crippen molar-refractivity contribution in [2.75, 3.05) is 13.2 Å². The number of hydrogen-bond donors (Lipinski definition) is 1. The second-order valence-corrected chi connectivity index (χ2v) is 6.49. The van der Waals surface area contributed by atoms with Crippen molar-refractivity contribution in [3.63, 3.8) is 0 Å². The van der Waals surface area contributed by atoms with E-state index in [9.17, 15) is 19.5 Å². The molecule has 0 bridgehead atoms. The fourth-order valence-corrected chi connectivity index (χ4v) is 3.39. The van der Waals surface area contributed by atoms with Gasteiger partial charge in [0, 0.05) is 11.8 Å². The highest BCUT2D eigenvalue weighted by Gasteiger charge is 2.72. The van der Waals surface area contributed by atoms with Crippen LogP contribution in [-0.4, -0.2) is 46.8 Å². The summed E-state index contributed by atoms with van der Waals surface area (Å²) in [5.41, 5.74) is -4.45. The van der Waals surface area contributed by atoms with Crippen molar-refractivity contribution in [1.29, 1.82) is 0 Å². The third kappa shape index (κ3) is 2.96. The number of aliphatic hydroxyl groups is 1. The number of carbonyl (C=O) groups is 3. The molecule has 1 unspecified atom stereocenters. The van der Waals surface area contributed by atoms with Gasteiger partial charge in [-0.05, 0) is 32.4 Å². The molecule has 0 spiro atoms. The van der Waals surface area contributed by atoms with Crippen LogP contribution < -0.4 is 0 Å². The quantitative estimate of drug-likeness (QED) is 0.459. The first-order valence-corrected chi connectivity index (χ1v) is 9.15. The molecule has 2 heterocycles. The third-order valence-corrected chi connectivity index (χ3v) is 4.74. The van der Waals surface area contributed by atoms with Crippen LogP contribution in [0.4, 0.5) is 0 Å². The smallest absolute Gasteiger partial charge is 0.366 e. The molecule has 0 fully saturated rings. The first kappa shape index (κ1) is 20.5. The van der Waals surface area contributed by atoms with Gasteiger partial charge in [-0.25, -0.2) is 19.4 Å². The number of cyclic esters (lactones) is 1. The number of pyridine rings is 1. The summed E-state index contributed by atoms with van der Waals surface area (Å²) < 4.78 is 15.4. The predicted molar refractivity (Wildman–Crippen MR) is 99.8 cm³/mol. The summed E-state index contributed by atoms with van der Waals surface area (Å²) in [7, 11) is 0. The third-order valence-electron chi connectivity index (χ3n) is 4.74. The molecule has 1 aromatic heterocycles. The molecule has 0 saturated carbocycles. The summed E-state index contributed by atoms with van der Waals surface area (Å²) in [6.07, 6.45) is 1.34. The molecule has 1 aliphatic heterocycles. The van der Waals surface area contributed by atoms with Crippen LogP contribution in [0, 0.1) is 6.92 Å². The van der Waals surface area contributed by atoms with E-state index < -0.39 is 29.1 Å². The minimum absolute atomic E-state index is 0.0544. The molecule has 1 atom stereocenters. The van der Waals surface area contributed by atoms with E-state index in [2.05, 4.69) is 4.98 Å². The van der Waals surface area contributed by atoms with Crippen molar-refractivity contribution in [2.45, 2.75) is 32.0 Å². The van der Waals surface area contributed by atoms with E-state index in [1.807, 2.05) is 6.92 Å². The molecule has 3 rings (SSSR count). The molecule has 1 aliphatic rings. The van der Waals surface area contributed by atoms with Crippen LogP contribution in [0.25, 0.3) is 0 Å². The normalized spacial score (nSPS) is 19.7. The van der Waals surface area contributed by atoms with Gasteiger partial charge in [-0.3, -0.25) is 0 Å². The Kier molecular flexibility index (Phi) is 5.39. The van der Waals surface area contributed by atoms with Gasteiger partial charge in [0.15, 0.2) is 11.3 Å². The van der Waals surface area contributed by atoms with Crippen LogP contribution in [0.1, 0.15) is 41.0 Å². The lowest BCUT2D eigenvalue weighted by Gasteiger charge is -2.45. The van der Waals surface area contributed by atoms with Crippen LogP contribution in [0.3, 0.4) is 0 Å². The van der Waals surface area contributed by atoms with Gasteiger partial charge in [0.1, 0.15) is 0 Å². The Bertz CT molecular complexity index is 936. The molecular formula is C21H21NO7. The van der Waals surface area contributed by atoms with E-state index in [-0.39, 0.29) is 30.0 Å². The molecule has 1 aromatic carbocycles. The summed E-state index contributed by atoms with van der Waals surface area (Å²) in [6.45, 7) is 4.68. The Balaban J connectivity index is 2.41. The molecule has 0 radical (unpaired) electrons. The molecule has 29 heavy (non-hydrogen) atoms. The van der Waals surface area contributed by atoms with Crippen molar-refractivity contribution >= 4 is 17.9 Å². The van der Waals surface area contributed by atoms with E-state index in [4.69, 9.17) is 14.2 Å². The molecular weight excluding hydrogens is 378 g/mol. The number of esters is 3. The molecule has 152 valence electrons. The Labute approximate surface area is 167 Å². The zero-order chi connectivity index (χ0) is 21.2. The van der Waals surface area contributed by atoms with Crippen LogP contribution in [0.15, 0.2) is 42.6 Å². The van der Waals surface area contributed by atoms with E-state index in [1.54, 1.807) is 24.3 Å². The minimum atomic E-state index is -2.79. The van der Waals surface area contributed by atoms with Crippen molar-refractivity contribution in [2.24, 2.45) is 0 Å². The first-order chi connectivity index (χ1) is 13.8. The van der Waals surface area contributed by atoms with Crippen molar-refractivity contribution in [3.05, 3.63) is 65.0 Å². The maximum atomic E-state index is 13.1. The SMILES string of the molecule is CCOC(=O)C1(C(=O)OCC)OC(=O)c2ncccc2C1(O)c1ccc(C)cc1. The fourth-order valence-electron chi connectivity index (χ4n) is 3.39. The highest BCUT2D eigenvalue weighted by molar-refractivity contribution is 6.11. The zero-order valence-electron chi connectivity index (χ0n) is 16.3. The molecule has 0 saturated heterocycles. The number of benzene rings is 1. The van der Waals surface area contributed by atoms with Crippen molar-refractivity contribution in [3.8, 4) is 0 Å². The number of hydrogen-bond acceptors (Lipinski definition) is 8. The molecule has 8 nitrogen and oxygen atoms in total. The number of fused-ring (bicyclic) bond motifs is 1. The van der Waals surface area contributed by atoms with Crippen LogP contribution >= 0.6 is 0 Å². The summed E-state index contributed by atoms with van der Waals surface area (Å²) in [5, 5.41) is 12.0. The number of carbonyl (C=O) groups excluding carboxylic acids is 3. The van der Waals surface area contributed by atoms with Crippen LogP contribution in [-0.2, 0) is 29.4 Å². The summed E-state index contributed by atoms with van der Waals surface area (Å²) in [4.78, 5) is 42.8. The number of nitrogens with zero attached hydrogens (tertiary/aromatic N) is 1. The maximum Gasteiger partial charge on any atom is 0.366 e. The van der Waals surface area contributed by atoms with E-state index >= 15 is 0 Å². The highest BCUT2D eigenvalue weighted by atomic mass is 16.6. The first-order valence-electron chi connectivity index (χ1n) is 9.15. The van der Waals surface area contributed by atoms with Gasteiger partial charge >= 0.3 is 23.5 Å². The number of aryl methyl sites for hydroxylation is 1. The topological polar surface area (TPSA) is 112 Å². The Morgan fingerprint density at radius 1 is 1.07 bits per heavy atom. The predicted octanol–water partition coefficient (Wildman–Crippen LogP) is 1.66. The van der Waals surface area contributed by atoms with Gasteiger partial charge in [0.05, 0.1) is 13.2 Å². The van der Waals surface area contributed by atoms with Gasteiger partial charge in [-0.1, -0.05) is 35.9 Å². The lowest BCUT2D eigenvalue weighted by atomic mass is 9.70. The highest BCUT2D eigenvalue weighted by Crippen LogP contribution is 2.48. The molecule has 1 N–H and O–H groups in total. The average Bonchev–Trinajstić information content (AvgIpc) is 2.71. The van der Waals surface area contributed by atoms with E-state index in [0.29, 0.717) is 0 Å². The number of ether oxygens (including phenoxy) is 3. The largest absolute Gasteiger partial charge is 0.462 e. The monoisotopic (exact) mass is 399 g/mol. The minimum Gasteiger partial charge on any atom is -0.462 e. The zero-order valence-corrected chi connectivity index (χ0v) is 16.3. The molecule has 2 aromatic rings. The fraction of sp³-hybridized carbons (Fsp3) is 0.333. The average molecular weight is 399 g/mol. The Hall–Kier alpha value is -3.26. The lowest BCUT2D eigenvalue weighted by Crippen LogP contribution is -2.68. The van der Waals surface area contributed by atoms with Gasteiger partial charge < -0.3 is 19.3 Å². The van der Waals surface area contributed by atoms with E-state index in [1.165, 1.54) is 32.2 Å². The standard InChI is InChI=1S/C21H21NO7/c1-4-27-18(24)21(19(25)28-5-2)20(26,14-10-8-13(3)9-11-14)15-7-6-12-22-16(15)17(23)29-21/h6-12,26H,4-5H2,1-3H3. The van der Waals surface area contributed by atoms with Crippen molar-refractivity contribution in [1.82, 2.24) is 4.98 Å². The molecule has 8 heteroatoms. The number of rotatable bonds is 5. The second-order valence-electron chi connectivity index (χ2n) is 6.49. The molecule has 0 amide bonds. The molecule has 0 aliphatic carbocycles. The summed E-state index contributed by atoms with van der Waals surface area (Å²) in [5.74, 6) is -3.51. The van der Waals surface area contributed by atoms with Gasteiger partial charge in [-0.15, -0.1) is 0 Å². The summed E-state index contributed by atoms with van der Waals surface area (Å²) in [6, 6.07) is 9.37.